The van der Waals surface area contributed by atoms with Gasteiger partial charge in [-0.3, -0.25) is 27.9 Å². The van der Waals surface area contributed by atoms with Crippen LogP contribution >= 0.6 is 0 Å². The van der Waals surface area contributed by atoms with Crippen LogP contribution in [0.15, 0.2) is 31.8 Å². The summed E-state index contributed by atoms with van der Waals surface area (Å²) in [4.78, 5) is 68.0. The third-order valence-corrected chi connectivity index (χ3v) is 6.80. The lowest BCUT2D eigenvalue weighted by Gasteiger charge is -2.08. The van der Waals surface area contributed by atoms with E-state index in [0.717, 1.165) is 25.7 Å². The highest BCUT2D eigenvalue weighted by Crippen LogP contribution is 2.05. The Bertz CT molecular complexity index is 1710. The lowest BCUT2D eigenvalue weighted by atomic mass is 10.2. The van der Waals surface area contributed by atoms with Crippen LogP contribution in [-0.2, 0) is 46.1 Å². The van der Waals surface area contributed by atoms with E-state index >= 15 is 0 Å². The molecule has 13 nitrogen and oxygen atoms in total. The molecule has 0 fully saturated rings. The molecule has 0 saturated carbocycles. The molecule has 0 unspecified atom stereocenters. The number of fused-ring (bicyclic) bond motifs is 2. The van der Waals surface area contributed by atoms with Crippen LogP contribution in [0.5, 0.6) is 0 Å². The molecule has 212 valence electrons. The summed E-state index contributed by atoms with van der Waals surface area (Å²) in [6.45, 7) is 4.46. The Morgan fingerprint density at radius 2 is 1.13 bits per heavy atom. The van der Waals surface area contributed by atoms with Gasteiger partial charge in [0.05, 0.1) is 12.7 Å². The van der Waals surface area contributed by atoms with Gasteiger partial charge in [0.2, 0.25) is 0 Å². The number of imidazole rings is 2. The zero-order valence-electron chi connectivity index (χ0n) is 23.6. The maximum Gasteiger partial charge on any atom is 0.332 e. The predicted octanol–water partition coefficient (Wildman–Crippen LogP) is 1.21. The van der Waals surface area contributed by atoms with Crippen molar-refractivity contribution in [2.75, 3.05) is 0 Å². The Morgan fingerprint density at radius 1 is 0.692 bits per heavy atom. The highest BCUT2D eigenvalue weighted by molar-refractivity contribution is 5.75. The second-order valence-corrected chi connectivity index (χ2v) is 9.87. The van der Waals surface area contributed by atoms with Crippen molar-refractivity contribution in [3.05, 3.63) is 54.3 Å². The lowest BCUT2D eigenvalue weighted by molar-refractivity contribution is -0.117. The third kappa shape index (κ3) is 6.18. The van der Waals surface area contributed by atoms with E-state index in [9.17, 15) is 24.0 Å². The fourth-order valence-corrected chi connectivity index (χ4v) is 4.53. The SMILES string of the molecule is CC(=O)CCCCn1c(=O)c2c(ncn2C)n(C)c1=O.CCCCCCn1c(=O)c2c(ncn2C)n(C)c1=O. The van der Waals surface area contributed by atoms with E-state index in [0.29, 0.717) is 54.7 Å². The minimum absolute atomic E-state index is 0.118. The average Bonchev–Trinajstić information content (AvgIpc) is 3.48. The van der Waals surface area contributed by atoms with E-state index in [-0.39, 0.29) is 28.3 Å². The fraction of sp³-hybridized carbons (Fsp3) is 0.577. The summed E-state index contributed by atoms with van der Waals surface area (Å²) in [5, 5.41) is 0. The van der Waals surface area contributed by atoms with Crippen LogP contribution < -0.4 is 22.5 Å². The van der Waals surface area contributed by atoms with E-state index in [2.05, 4.69) is 16.9 Å². The zero-order valence-corrected chi connectivity index (χ0v) is 23.6. The Morgan fingerprint density at radius 3 is 1.54 bits per heavy atom. The van der Waals surface area contributed by atoms with Gasteiger partial charge in [-0.1, -0.05) is 26.2 Å². The van der Waals surface area contributed by atoms with Crippen LogP contribution in [0.3, 0.4) is 0 Å². The summed E-state index contributed by atoms with van der Waals surface area (Å²) in [7, 11) is 6.74. The molecule has 4 aromatic rings. The summed E-state index contributed by atoms with van der Waals surface area (Å²) >= 11 is 0. The maximum atomic E-state index is 12.3. The van der Waals surface area contributed by atoms with E-state index in [1.54, 1.807) is 43.7 Å². The van der Waals surface area contributed by atoms with Crippen LogP contribution in [0.4, 0.5) is 0 Å². The smallest absolute Gasteiger partial charge is 0.328 e. The first-order valence-corrected chi connectivity index (χ1v) is 13.2. The van der Waals surface area contributed by atoms with E-state index in [1.807, 2.05) is 0 Å². The highest BCUT2D eigenvalue weighted by atomic mass is 16.2. The zero-order chi connectivity index (χ0) is 28.9. The number of aromatic nitrogens is 8. The normalized spacial score (nSPS) is 11.2. The molecule has 0 amide bonds. The number of aryl methyl sites for hydroxylation is 4. The Kier molecular flexibility index (Phi) is 9.60. The van der Waals surface area contributed by atoms with Crippen molar-refractivity contribution in [1.82, 2.24) is 37.4 Å². The molecule has 4 rings (SSSR count). The maximum absolute atomic E-state index is 12.3. The van der Waals surface area contributed by atoms with Crippen molar-refractivity contribution in [1.29, 1.82) is 0 Å². The molecule has 0 radical (unpaired) electrons. The quantitative estimate of drug-likeness (QED) is 0.274. The largest absolute Gasteiger partial charge is 0.332 e. The number of unbranched alkanes of at least 4 members (excludes halogenated alkanes) is 4. The van der Waals surface area contributed by atoms with Crippen molar-refractivity contribution in [3.8, 4) is 0 Å². The average molecular weight is 543 g/mol. The van der Waals surface area contributed by atoms with Gasteiger partial charge in [0.25, 0.3) is 11.1 Å². The summed E-state index contributed by atoms with van der Waals surface area (Å²) in [5.74, 6) is 0.118. The molecule has 13 heteroatoms. The predicted molar refractivity (Wildman–Crippen MR) is 149 cm³/mol. The number of carbonyl (C=O) groups excluding carboxylic acids is 1. The van der Waals surface area contributed by atoms with Gasteiger partial charge in [-0.05, 0) is 26.2 Å². The first-order chi connectivity index (χ1) is 18.5. The number of Topliss-reactive ketones (excluding diaryl/α,β-unsaturated/α-hetero) is 1. The van der Waals surface area contributed by atoms with E-state index < -0.39 is 0 Å². The first-order valence-electron chi connectivity index (χ1n) is 13.2. The molecule has 0 aliphatic heterocycles. The van der Waals surface area contributed by atoms with Gasteiger partial charge in [0.1, 0.15) is 5.78 Å². The minimum atomic E-state index is -0.371. The number of rotatable bonds is 10. The van der Waals surface area contributed by atoms with Gasteiger partial charge in [0, 0.05) is 47.7 Å². The van der Waals surface area contributed by atoms with Gasteiger partial charge in [-0.25, -0.2) is 19.6 Å². The Balaban J connectivity index is 0.000000216. The molecule has 0 aliphatic carbocycles. The molecule has 4 heterocycles. The molecule has 0 spiro atoms. The van der Waals surface area contributed by atoms with Crippen molar-refractivity contribution < 1.29 is 4.79 Å². The molecular weight excluding hydrogens is 504 g/mol. The van der Waals surface area contributed by atoms with Gasteiger partial charge in [0.15, 0.2) is 22.3 Å². The summed E-state index contributed by atoms with van der Waals surface area (Å²) < 4.78 is 8.63. The standard InChI is InChI=1S/C13H18N4O3.C13H20N4O2/c1-9(18)6-4-5-7-17-12(19)10-11(14-8-15(10)2)16(3)13(17)20;1-4-5-6-7-8-17-12(18)10-11(14-9-15(10)2)16(3)13(17)19/h8H,4-7H2,1-3H3;9H,4-8H2,1-3H3. The van der Waals surface area contributed by atoms with Crippen LogP contribution in [0.2, 0.25) is 0 Å². The summed E-state index contributed by atoms with van der Waals surface area (Å²) in [6, 6.07) is 0. The minimum Gasteiger partial charge on any atom is -0.328 e. The second-order valence-electron chi connectivity index (χ2n) is 9.87. The van der Waals surface area contributed by atoms with Gasteiger partial charge in [-0.2, -0.15) is 0 Å². The monoisotopic (exact) mass is 542 g/mol. The molecule has 0 aromatic carbocycles. The van der Waals surface area contributed by atoms with Crippen molar-refractivity contribution in [2.45, 2.75) is 71.9 Å². The van der Waals surface area contributed by atoms with Crippen LogP contribution in [0, 0.1) is 0 Å². The Labute approximate surface area is 225 Å². The molecule has 0 aliphatic rings. The summed E-state index contributed by atoms with van der Waals surface area (Å²) in [5.41, 5.74) is 0.512. The van der Waals surface area contributed by atoms with Crippen molar-refractivity contribution in [2.24, 2.45) is 28.2 Å². The van der Waals surface area contributed by atoms with Crippen molar-refractivity contribution in [3.63, 3.8) is 0 Å². The van der Waals surface area contributed by atoms with E-state index in [1.165, 1.54) is 31.5 Å². The topological polar surface area (TPSA) is 141 Å². The molecule has 0 bridgehead atoms. The number of carbonyl (C=O) groups is 1. The van der Waals surface area contributed by atoms with Gasteiger partial charge < -0.3 is 13.9 Å². The lowest BCUT2D eigenvalue weighted by Crippen LogP contribution is -2.39. The molecule has 0 N–H and O–H groups in total. The Hall–Kier alpha value is -4.03. The van der Waals surface area contributed by atoms with Gasteiger partial charge >= 0.3 is 11.4 Å². The number of nitrogens with zero attached hydrogens (tertiary/aromatic N) is 8. The molecule has 0 saturated heterocycles. The number of hydrogen-bond donors (Lipinski definition) is 0. The number of hydrogen-bond acceptors (Lipinski definition) is 7. The molecule has 39 heavy (non-hydrogen) atoms. The van der Waals surface area contributed by atoms with Crippen LogP contribution in [0.1, 0.15) is 58.8 Å². The fourth-order valence-electron chi connectivity index (χ4n) is 4.53. The first kappa shape index (κ1) is 29.5. The van der Waals surface area contributed by atoms with Crippen molar-refractivity contribution >= 4 is 28.1 Å². The molecule has 0 atom stereocenters. The highest BCUT2D eigenvalue weighted by Gasteiger charge is 2.15. The molecular formula is C26H38N8O5. The van der Waals surface area contributed by atoms with E-state index in [4.69, 9.17) is 0 Å². The second kappa shape index (κ2) is 12.7. The van der Waals surface area contributed by atoms with Crippen LogP contribution in [-0.4, -0.2) is 43.2 Å². The third-order valence-electron chi connectivity index (χ3n) is 6.80. The van der Waals surface area contributed by atoms with Gasteiger partial charge in [-0.15, -0.1) is 0 Å². The molecule has 4 aromatic heterocycles. The summed E-state index contributed by atoms with van der Waals surface area (Å²) in [6.07, 6.45) is 9.01. The van der Waals surface area contributed by atoms with Crippen LogP contribution in [0.25, 0.3) is 22.3 Å². The number of ketones is 1.